The summed E-state index contributed by atoms with van der Waals surface area (Å²) in [6, 6.07) is 21.2. The highest BCUT2D eigenvalue weighted by molar-refractivity contribution is 5.54. The van der Waals surface area contributed by atoms with Crippen molar-refractivity contribution >= 4 is 0 Å². The molecule has 0 aliphatic carbocycles. The van der Waals surface area contributed by atoms with Crippen LogP contribution in [0, 0.1) is 13.8 Å². The number of rotatable bonds is 1. The molecule has 21 heavy (non-hydrogen) atoms. The highest BCUT2D eigenvalue weighted by Crippen LogP contribution is 2.45. The number of aryl methyl sites for hydroxylation is 2. The van der Waals surface area contributed by atoms with Gasteiger partial charge in [0.05, 0.1) is 6.04 Å². The van der Waals surface area contributed by atoms with E-state index in [9.17, 15) is 0 Å². The standard InChI is InChI=1S/C19H17NO/c1-13-11-12-14(2)20(13)19-15-7-3-5-9-17(15)21-18-10-6-4-8-16(18)19/h3-12,19H,1-2H3. The summed E-state index contributed by atoms with van der Waals surface area (Å²) in [5.74, 6) is 1.91. The second kappa shape index (κ2) is 4.52. The van der Waals surface area contributed by atoms with Crippen LogP contribution >= 0.6 is 0 Å². The number of fused-ring (bicyclic) bond motifs is 2. The van der Waals surface area contributed by atoms with Crippen molar-refractivity contribution in [2.24, 2.45) is 0 Å². The second-order valence-corrected chi connectivity index (χ2v) is 5.57. The van der Waals surface area contributed by atoms with Crippen LogP contribution in [-0.4, -0.2) is 4.57 Å². The van der Waals surface area contributed by atoms with Gasteiger partial charge >= 0.3 is 0 Å². The van der Waals surface area contributed by atoms with Crippen LogP contribution in [0.25, 0.3) is 0 Å². The van der Waals surface area contributed by atoms with Gasteiger partial charge in [-0.3, -0.25) is 0 Å². The van der Waals surface area contributed by atoms with Gasteiger partial charge in [-0.1, -0.05) is 36.4 Å². The van der Waals surface area contributed by atoms with Gasteiger partial charge in [0, 0.05) is 22.5 Å². The minimum Gasteiger partial charge on any atom is -0.457 e. The molecule has 4 rings (SSSR count). The van der Waals surface area contributed by atoms with E-state index in [2.05, 4.69) is 54.8 Å². The van der Waals surface area contributed by atoms with E-state index in [0.29, 0.717) is 0 Å². The molecule has 104 valence electrons. The lowest BCUT2D eigenvalue weighted by molar-refractivity contribution is 0.432. The maximum Gasteiger partial charge on any atom is 0.133 e. The first-order valence-electron chi connectivity index (χ1n) is 7.26. The lowest BCUT2D eigenvalue weighted by Gasteiger charge is -2.31. The minimum atomic E-state index is 0.182. The maximum absolute atomic E-state index is 6.07. The molecule has 1 aliphatic heterocycles. The summed E-state index contributed by atoms with van der Waals surface area (Å²) in [6.07, 6.45) is 0. The Hall–Kier alpha value is -2.48. The normalized spacial score (nSPS) is 13.4. The third-order valence-corrected chi connectivity index (χ3v) is 4.23. The molecular formula is C19H17NO. The van der Waals surface area contributed by atoms with Gasteiger partial charge in [-0.05, 0) is 38.1 Å². The quantitative estimate of drug-likeness (QED) is 0.484. The molecule has 0 amide bonds. The van der Waals surface area contributed by atoms with Gasteiger partial charge in [-0.25, -0.2) is 0 Å². The largest absolute Gasteiger partial charge is 0.457 e. The highest BCUT2D eigenvalue weighted by Gasteiger charge is 2.29. The predicted octanol–water partition coefficient (Wildman–Crippen LogP) is 4.85. The average molecular weight is 275 g/mol. The second-order valence-electron chi connectivity index (χ2n) is 5.57. The van der Waals surface area contributed by atoms with Crippen molar-refractivity contribution in [1.29, 1.82) is 0 Å². The number of aromatic nitrogens is 1. The Morgan fingerprint density at radius 3 is 1.71 bits per heavy atom. The van der Waals surface area contributed by atoms with Gasteiger partial charge in [0.25, 0.3) is 0 Å². The van der Waals surface area contributed by atoms with Gasteiger partial charge in [0.2, 0.25) is 0 Å². The molecule has 2 aromatic carbocycles. The Morgan fingerprint density at radius 2 is 1.19 bits per heavy atom. The van der Waals surface area contributed by atoms with Gasteiger partial charge in [-0.15, -0.1) is 0 Å². The van der Waals surface area contributed by atoms with Crippen LogP contribution in [0.2, 0.25) is 0 Å². The number of benzene rings is 2. The van der Waals surface area contributed by atoms with Crippen molar-refractivity contribution < 1.29 is 4.74 Å². The fourth-order valence-electron chi connectivity index (χ4n) is 3.25. The Balaban J connectivity index is 2.02. The Morgan fingerprint density at radius 1 is 0.714 bits per heavy atom. The zero-order valence-electron chi connectivity index (χ0n) is 12.2. The molecule has 0 bridgehead atoms. The summed E-state index contributed by atoms with van der Waals surface area (Å²) in [5.41, 5.74) is 4.98. The Labute approximate surface area is 124 Å². The van der Waals surface area contributed by atoms with Crippen molar-refractivity contribution in [3.05, 3.63) is 83.2 Å². The first-order valence-corrected chi connectivity index (χ1v) is 7.26. The number of hydrogen-bond acceptors (Lipinski definition) is 1. The lowest BCUT2D eigenvalue weighted by atomic mass is 9.94. The number of para-hydroxylation sites is 2. The van der Waals surface area contributed by atoms with Crippen LogP contribution in [0.15, 0.2) is 60.7 Å². The Bertz CT molecular complexity index is 751. The molecule has 1 aliphatic rings. The van der Waals surface area contributed by atoms with Crippen molar-refractivity contribution in [2.75, 3.05) is 0 Å². The first kappa shape index (κ1) is 12.3. The smallest absolute Gasteiger partial charge is 0.133 e. The molecule has 0 fully saturated rings. The van der Waals surface area contributed by atoms with Crippen LogP contribution in [-0.2, 0) is 0 Å². The van der Waals surface area contributed by atoms with Crippen LogP contribution < -0.4 is 4.74 Å². The predicted molar refractivity (Wildman–Crippen MR) is 84.1 cm³/mol. The van der Waals surface area contributed by atoms with E-state index in [1.54, 1.807) is 0 Å². The molecule has 0 unspecified atom stereocenters. The van der Waals surface area contributed by atoms with E-state index in [1.807, 2.05) is 24.3 Å². The highest BCUT2D eigenvalue weighted by atomic mass is 16.5. The monoisotopic (exact) mass is 275 g/mol. The number of ether oxygens (including phenoxy) is 1. The molecular weight excluding hydrogens is 258 g/mol. The van der Waals surface area contributed by atoms with Crippen LogP contribution in [0.1, 0.15) is 28.6 Å². The van der Waals surface area contributed by atoms with Crippen molar-refractivity contribution in [3.63, 3.8) is 0 Å². The fourth-order valence-corrected chi connectivity index (χ4v) is 3.25. The van der Waals surface area contributed by atoms with Crippen molar-refractivity contribution in [1.82, 2.24) is 4.57 Å². The van der Waals surface area contributed by atoms with E-state index in [0.717, 1.165) is 11.5 Å². The van der Waals surface area contributed by atoms with Crippen LogP contribution in [0.4, 0.5) is 0 Å². The minimum absolute atomic E-state index is 0.182. The fraction of sp³-hybridized carbons (Fsp3) is 0.158. The zero-order chi connectivity index (χ0) is 14.4. The van der Waals surface area contributed by atoms with Gasteiger partial charge in [0.1, 0.15) is 11.5 Å². The topological polar surface area (TPSA) is 14.2 Å². The van der Waals surface area contributed by atoms with E-state index >= 15 is 0 Å². The van der Waals surface area contributed by atoms with Gasteiger partial charge in [0.15, 0.2) is 0 Å². The lowest BCUT2D eigenvalue weighted by Crippen LogP contribution is -2.19. The van der Waals surface area contributed by atoms with E-state index in [-0.39, 0.29) is 6.04 Å². The van der Waals surface area contributed by atoms with Gasteiger partial charge < -0.3 is 9.30 Å². The van der Waals surface area contributed by atoms with E-state index < -0.39 is 0 Å². The molecule has 2 nitrogen and oxygen atoms in total. The van der Waals surface area contributed by atoms with Crippen molar-refractivity contribution in [3.8, 4) is 11.5 Å². The van der Waals surface area contributed by atoms with Crippen LogP contribution in [0.3, 0.4) is 0 Å². The maximum atomic E-state index is 6.07. The molecule has 2 heterocycles. The first-order chi connectivity index (χ1) is 10.3. The Kier molecular flexibility index (Phi) is 2.64. The summed E-state index contributed by atoms with van der Waals surface area (Å²) >= 11 is 0. The summed E-state index contributed by atoms with van der Waals surface area (Å²) in [6.45, 7) is 4.32. The van der Waals surface area contributed by atoms with E-state index in [1.165, 1.54) is 22.5 Å². The molecule has 0 saturated heterocycles. The van der Waals surface area contributed by atoms with Crippen molar-refractivity contribution in [2.45, 2.75) is 19.9 Å². The van der Waals surface area contributed by atoms with E-state index in [4.69, 9.17) is 4.74 Å². The SMILES string of the molecule is Cc1ccc(C)n1C1c2ccccc2Oc2ccccc21. The molecule has 0 saturated carbocycles. The third-order valence-electron chi connectivity index (χ3n) is 4.23. The van der Waals surface area contributed by atoms with Gasteiger partial charge in [-0.2, -0.15) is 0 Å². The molecule has 1 aromatic heterocycles. The molecule has 0 radical (unpaired) electrons. The molecule has 3 aromatic rings. The zero-order valence-corrected chi connectivity index (χ0v) is 12.2. The molecule has 0 N–H and O–H groups in total. The number of hydrogen-bond donors (Lipinski definition) is 0. The molecule has 0 spiro atoms. The summed E-state index contributed by atoms with van der Waals surface area (Å²) in [5, 5.41) is 0. The third kappa shape index (κ3) is 1.79. The number of nitrogens with zero attached hydrogens (tertiary/aromatic N) is 1. The molecule has 2 heteroatoms. The van der Waals surface area contributed by atoms with Crippen LogP contribution in [0.5, 0.6) is 11.5 Å². The summed E-state index contributed by atoms with van der Waals surface area (Å²) < 4.78 is 8.46. The summed E-state index contributed by atoms with van der Waals surface area (Å²) in [4.78, 5) is 0. The average Bonchev–Trinajstić information content (AvgIpc) is 2.84. The molecule has 0 atom stereocenters. The summed E-state index contributed by atoms with van der Waals surface area (Å²) in [7, 11) is 0.